The second-order valence-corrected chi connectivity index (χ2v) is 2.52. The maximum absolute atomic E-state index is 7.27. The Morgan fingerprint density at radius 2 is 2.40 bits per heavy atom. The third-order valence-corrected chi connectivity index (χ3v) is 1.65. The van der Waals surface area contributed by atoms with Crippen molar-refractivity contribution < 1.29 is 0 Å². The van der Waals surface area contributed by atoms with Gasteiger partial charge in [-0.15, -0.1) is 0 Å². The maximum Gasteiger partial charge on any atom is 0.0944 e. The predicted octanol–water partition coefficient (Wildman–Crippen LogP) is 0.908. The van der Waals surface area contributed by atoms with Crippen LogP contribution in [-0.2, 0) is 0 Å². The molecule has 0 heterocycles. The van der Waals surface area contributed by atoms with Gasteiger partial charge in [-0.25, -0.2) is 0 Å². The van der Waals surface area contributed by atoms with Crippen LogP contribution >= 0.6 is 0 Å². The van der Waals surface area contributed by atoms with Crippen LogP contribution in [0.25, 0.3) is 0 Å². The molecule has 1 aliphatic carbocycles. The Morgan fingerprint density at radius 3 is 2.80 bits per heavy atom. The molecule has 0 spiro atoms. The van der Waals surface area contributed by atoms with Crippen molar-refractivity contribution in [2.24, 2.45) is 11.7 Å². The Labute approximate surface area is 59.9 Å². The lowest BCUT2D eigenvalue weighted by atomic mass is 9.92. The fraction of sp³-hybridized carbons (Fsp3) is 0.429. The first-order chi connectivity index (χ1) is 4.70. The molecule has 0 radical (unpaired) electrons. The molecule has 0 fully saturated rings. The van der Waals surface area contributed by atoms with E-state index in [2.05, 4.69) is 0 Å². The lowest BCUT2D eigenvalue weighted by Gasteiger charge is -2.15. The van der Waals surface area contributed by atoms with Crippen LogP contribution in [0.2, 0.25) is 0 Å². The van der Waals surface area contributed by atoms with Gasteiger partial charge in [0.05, 0.1) is 5.84 Å². The van der Waals surface area contributed by atoms with Crippen LogP contribution in [-0.4, -0.2) is 11.5 Å². The Morgan fingerprint density at radius 1 is 1.70 bits per heavy atom. The van der Waals surface area contributed by atoms with E-state index in [0.29, 0.717) is 12.1 Å². The van der Waals surface area contributed by atoms with Gasteiger partial charge in [-0.1, -0.05) is 6.08 Å². The summed E-state index contributed by atoms with van der Waals surface area (Å²) < 4.78 is 0. The quantitative estimate of drug-likeness (QED) is 0.364. The molecule has 1 rings (SSSR count). The van der Waals surface area contributed by atoms with Gasteiger partial charge in [-0.3, -0.25) is 5.41 Å². The van der Waals surface area contributed by atoms with E-state index in [0.717, 1.165) is 6.42 Å². The van der Waals surface area contributed by atoms with Crippen molar-refractivity contribution in [1.82, 2.24) is 0 Å². The van der Waals surface area contributed by atoms with E-state index in [4.69, 9.17) is 16.6 Å². The molecule has 1 unspecified atom stereocenters. The Hall–Kier alpha value is -1.12. The van der Waals surface area contributed by atoms with Crippen molar-refractivity contribution in [1.29, 1.82) is 10.8 Å². The second kappa shape index (κ2) is 2.64. The molecular weight excluding hydrogens is 126 g/mol. The molecule has 54 valence electrons. The summed E-state index contributed by atoms with van der Waals surface area (Å²) in [6.45, 7) is 0. The molecule has 3 nitrogen and oxygen atoms in total. The van der Waals surface area contributed by atoms with E-state index >= 15 is 0 Å². The normalized spacial score (nSPS) is 24.8. The van der Waals surface area contributed by atoms with Gasteiger partial charge in [0.15, 0.2) is 0 Å². The standard InChI is InChI=1S/C7H11N3/c8-6-3-1-2-5(4-6)7(9)10/h1,3,5,8H,2,4H2,(H3,9,10). The van der Waals surface area contributed by atoms with Crippen molar-refractivity contribution in [3.05, 3.63) is 12.2 Å². The van der Waals surface area contributed by atoms with Gasteiger partial charge >= 0.3 is 0 Å². The van der Waals surface area contributed by atoms with Gasteiger partial charge in [0.2, 0.25) is 0 Å². The Kier molecular flexibility index (Phi) is 1.85. The first-order valence-electron chi connectivity index (χ1n) is 3.28. The molecule has 3 heteroatoms. The zero-order chi connectivity index (χ0) is 7.56. The molecule has 0 aromatic rings. The summed E-state index contributed by atoms with van der Waals surface area (Å²) in [5.41, 5.74) is 5.86. The number of rotatable bonds is 1. The smallest absolute Gasteiger partial charge is 0.0944 e. The second-order valence-electron chi connectivity index (χ2n) is 2.52. The van der Waals surface area contributed by atoms with E-state index < -0.39 is 0 Å². The first-order valence-corrected chi connectivity index (χ1v) is 3.28. The van der Waals surface area contributed by atoms with E-state index in [1.165, 1.54) is 0 Å². The Bertz CT molecular complexity index is 193. The molecule has 0 saturated carbocycles. The average Bonchev–Trinajstić information content (AvgIpc) is 1.88. The third kappa shape index (κ3) is 1.43. The molecule has 10 heavy (non-hydrogen) atoms. The van der Waals surface area contributed by atoms with Gasteiger partial charge in [0, 0.05) is 11.6 Å². The van der Waals surface area contributed by atoms with E-state index in [9.17, 15) is 0 Å². The zero-order valence-electron chi connectivity index (χ0n) is 5.72. The summed E-state index contributed by atoms with van der Waals surface area (Å²) >= 11 is 0. The van der Waals surface area contributed by atoms with Crippen molar-refractivity contribution in [2.45, 2.75) is 12.8 Å². The molecule has 0 aromatic heterocycles. The van der Waals surface area contributed by atoms with Gasteiger partial charge in [0.1, 0.15) is 0 Å². The van der Waals surface area contributed by atoms with Crippen LogP contribution in [0.3, 0.4) is 0 Å². The zero-order valence-corrected chi connectivity index (χ0v) is 5.72. The molecule has 4 N–H and O–H groups in total. The number of amidine groups is 1. The van der Waals surface area contributed by atoms with E-state index in [1.807, 2.05) is 6.08 Å². The van der Waals surface area contributed by atoms with Crippen molar-refractivity contribution >= 4 is 11.5 Å². The van der Waals surface area contributed by atoms with Gasteiger partial charge in [-0.05, 0) is 18.9 Å². The van der Waals surface area contributed by atoms with Crippen molar-refractivity contribution in [2.75, 3.05) is 0 Å². The fourth-order valence-corrected chi connectivity index (χ4v) is 1.03. The summed E-state index contributed by atoms with van der Waals surface area (Å²) in [6.07, 6.45) is 5.13. The number of nitrogens with two attached hydrogens (primary N) is 1. The fourth-order valence-electron chi connectivity index (χ4n) is 1.03. The van der Waals surface area contributed by atoms with Crippen LogP contribution < -0.4 is 5.73 Å². The minimum absolute atomic E-state index is 0.0810. The van der Waals surface area contributed by atoms with Gasteiger partial charge < -0.3 is 11.1 Å². The van der Waals surface area contributed by atoms with E-state index in [1.54, 1.807) is 6.08 Å². The van der Waals surface area contributed by atoms with Crippen LogP contribution in [0.4, 0.5) is 0 Å². The summed E-state index contributed by atoms with van der Waals surface area (Å²) in [7, 11) is 0. The first kappa shape index (κ1) is 6.99. The summed E-state index contributed by atoms with van der Waals surface area (Å²) in [5.74, 6) is 0.284. The maximum atomic E-state index is 7.27. The van der Waals surface area contributed by atoms with Gasteiger partial charge in [0.25, 0.3) is 0 Å². The minimum Gasteiger partial charge on any atom is -0.387 e. The predicted molar refractivity (Wildman–Crippen MR) is 41.5 cm³/mol. The lowest BCUT2D eigenvalue weighted by Crippen LogP contribution is -2.25. The topological polar surface area (TPSA) is 73.7 Å². The Balaban J connectivity index is 2.60. The number of allylic oxidation sites excluding steroid dienone is 2. The number of nitrogens with one attached hydrogen (secondary N) is 2. The highest BCUT2D eigenvalue weighted by molar-refractivity contribution is 5.97. The summed E-state index contributed by atoms with van der Waals surface area (Å²) in [4.78, 5) is 0. The molecule has 0 amide bonds. The van der Waals surface area contributed by atoms with Crippen LogP contribution in [0.5, 0.6) is 0 Å². The van der Waals surface area contributed by atoms with Gasteiger partial charge in [-0.2, -0.15) is 0 Å². The van der Waals surface area contributed by atoms with Crippen molar-refractivity contribution in [3.8, 4) is 0 Å². The largest absolute Gasteiger partial charge is 0.387 e. The summed E-state index contributed by atoms with van der Waals surface area (Å²) in [5, 5.41) is 14.4. The summed E-state index contributed by atoms with van der Waals surface area (Å²) in [6, 6.07) is 0. The van der Waals surface area contributed by atoms with Crippen LogP contribution in [0, 0.1) is 16.7 Å². The highest BCUT2D eigenvalue weighted by Gasteiger charge is 2.14. The minimum atomic E-state index is 0.0810. The van der Waals surface area contributed by atoms with E-state index in [-0.39, 0.29) is 11.8 Å². The molecule has 0 aliphatic heterocycles. The highest BCUT2D eigenvalue weighted by atomic mass is 14.7. The molecule has 1 atom stereocenters. The molecule has 0 bridgehead atoms. The van der Waals surface area contributed by atoms with Crippen molar-refractivity contribution in [3.63, 3.8) is 0 Å². The average molecular weight is 137 g/mol. The van der Waals surface area contributed by atoms with Crippen LogP contribution in [0.15, 0.2) is 12.2 Å². The SMILES string of the molecule is N=C1C=CCC(C(=N)N)C1. The highest BCUT2D eigenvalue weighted by Crippen LogP contribution is 2.14. The van der Waals surface area contributed by atoms with Crippen LogP contribution in [0.1, 0.15) is 12.8 Å². The third-order valence-electron chi connectivity index (χ3n) is 1.65. The lowest BCUT2D eigenvalue weighted by molar-refractivity contribution is 0.713. The molecule has 0 aromatic carbocycles. The molecular formula is C7H11N3. The molecule has 1 aliphatic rings. The monoisotopic (exact) mass is 137 g/mol. The number of hydrogen-bond donors (Lipinski definition) is 3. The number of hydrogen-bond acceptors (Lipinski definition) is 2. The molecule has 0 saturated heterocycles.